The molecule has 4 rings (SSSR count). The van der Waals surface area contributed by atoms with E-state index < -0.39 is 17.9 Å². The summed E-state index contributed by atoms with van der Waals surface area (Å²) in [7, 11) is 2.92. The molecule has 36 heavy (non-hydrogen) atoms. The zero-order valence-corrected chi connectivity index (χ0v) is 22.8. The van der Waals surface area contributed by atoms with Gasteiger partial charge in [-0.3, -0.25) is 9.59 Å². The number of aromatic amines is 1. The third-order valence-electron chi connectivity index (χ3n) is 6.73. The number of amides is 1. The molecular formula is C27H29BrN2O5S. The Morgan fingerprint density at radius 2 is 2.03 bits per heavy atom. The molecule has 1 aromatic heterocycles. The van der Waals surface area contributed by atoms with Gasteiger partial charge >= 0.3 is 5.97 Å². The van der Waals surface area contributed by atoms with Crippen LogP contribution in [0.25, 0.3) is 10.9 Å². The van der Waals surface area contributed by atoms with Crippen molar-refractivity contribution in [2.75, 3.05) is 20.0 Å². The van der Waals surface area contributed by atoms with E-state index in [0.29, 0.717) is 11.5 Å². The van der Waals surface area contributed by atoms with Crippen LogP contribution in [0, 0.1) is 5.92 Å². The van der Waals surface area contributed by atoms with Crippen LogP contribution in [0.4, 0.5) is 0 Å². The second-order valence-corrected chi connectivity index (χ2v) is 11.0. The van der Waals surface area contributed by atoms with Gasteiger partial charge in [0.25, 0.3) is 0 Å². The number of thioether (sulfide) groups is 1. The average molecular weight is 574 g/mol. The largest absolute Gasteiger partial charge is 0.495 e. The number of ether oxygens (including phenoxy) is 2. The average Bonchev–Trinajstić information content (AvgIpc) is 3.47. The van der Waals surface area contributed by atoms with Gasteiger partial charge in [0.1, 0.15) is 11.8 Å². The summed E-state index contributed by atoms with van der Waals surface area (Å²) in [5.41, 5.74) is 4.03. The predicted molar refractivity (Wildman–Crippen MR) is 144 cm³/mol. The summed E-state index contributed by atoms with van der Waals surface area (Å²) in [5, 5.41) is 3.82. The number of esters is 1. The SMILES string of the molecule is COC(=O)C(Cc1c[nH]c2c(OC)cccc12)NC(=O)C(CSC(C)=O)C1CCc2cc(Br)ccc21. The molecule has 0 saturated heterocycles. The molecule has 1 aliphatic carbocycles. The highest BCUT2D eigenvalue weighted by Gasteiger charge is 2.36. The van der Waals surface area contributed by atoms with Gasteiger partial charge in [0, 0.05) is 35.2 Å². The van der Waals surface area contributed by atoms with Crippen LogP contribution >= 0.6 is 27.7 Å². The molecule has 0 saturated carbocycles. The van der Waals surface area contributed by atoms with Crippen molar-refractivity contribution in [2.45, 2.75) is 38.1 Å². The summed E-state index contributed by atoms with van der Waals surface area (Å²) >= 11 is 4.66. The second kappa shape index (κ2) is 11.5. The van der Waals surface area contributed by atoms with Crippen LogP contribution < -0.4 is 10.1 Å². The van der Waals surface area contributed by atoms with Gasteiger partial charge in [0.15, 0.2) is 5.12 Å². The second-order valence-electron chi connectivity index (χ2n) is 8.88. The van der Waals surface area contributed by atoms with Crippen molar-refractivity contribution in [3.05, 3.63) is 63.8 Å². The number of H-pyrrole nitrogens is 1. The van der Waals surface area contributed by atoms with Crippen molar-refractivity contribution in [1.29, 1.82) is 0 Å². The number of hydrogen-bond acceptors (Lipinski definition) is 6. The fourth-order valence-corrected chi connectivity index (χ4v) is 6.18. The standard InChI is InChI=1S/C27H29BrN2O5S/c1-15(31)36-14-22(21-9-7-16-11-18(28)8-10-19(16)21)26(32)30-23(27(33)35-3)12-17-13-29-25-20(17)5-4-6-24(25)34-2/h4-6,8,10-11,13,21-23,29H,7,9,12,14H2,1-3H3,(H,30,32). The summed E-state index contributed by atoms with van der Waals surface area (Å²) in [5.74, 6) is -0.219. The Labute approximate surface area is 222 Å². The Morgan fingerprint density at radius 3 is 2.75 bits per heavy atom. The molecule has 0 spiro atoms. The van der Waals surface area contributed by atoms with Crippen molar-refractivity contribution in [2.24, 2.45) is 5.92 Å². The number of methoxy groups -OCH3 is 2. The van der Waals surface area contributed by atoms with E-state index in [-0.39, 0.29) is 23.4 Å². The number of nitrogens with one attached hydrogen (secondary N) is 2. The van der Waals surface area contributed by atoms with Crippen LogP contribution in [0.15, 0.2) is 47.1 Å². The lowest BCUT2D eigenvalue weighted by molar-refractivity contribution is -0.145. The van der Waals surface area contributed by atoms with Crippen molar-refractivity contribution >= 4 is 55.6 Å². The first kappa shape index (κ1) is 26.3. The van der Waals surface area contributed by atoms with Crippen LogP contribution in [0.2, 0.25) is 0 Å². The number of para-hydroxylation sites is 1. The number of aryl methyl sites for hydroxylation is 1. The van der Waals surface area contributed by atoms with E-state index >= 15 is 0 Å². The minimum Gasteiger partial charge on any atom is -0.495 e. The number of carbonyl (C=O) groups is 3. The third-order valence-corrected chi connectivity index (χ3v) is 8.15. The Bertz CT molecular complexity index is 1290. The van der Waals surface area contributed by atoms with Gasteiger partial charge in [-0.25, -0.2) is 4.79 Å². The third kappa shape index (κ3) is 5.62. The molecule has 0 fully saturated rings. The molecule has 2 aromatic carbocycles. The molecule has 190 valence electrons. The molecule has 0 aliphatic heterocycles. The van der Waals surface area contributed by atoms with Crippen molar-refractivity contribution in [1.82, 2.24) is 10.3 Å². The van der Waals surface area contributed by atoms with Crippen LogP contribution in [-0.2, 0) is 32.0 Å². The maximum absolute atomic E-state index is 13.7. The Balaban J connectivity index is 1.59. The summed E-state index contributed by atoms with van der Waals surface area (Å²) in [6.07, 6.45) is 3.76. The summed E-state index contributed by atoms with van der Waals surface area (Å²) in [4.78, 5) is 41.4. The molecular weight excluding hydrogens is 544 g/mol. The van der Waals surface area contributed by atoms with Gasteiger partial charge in [-0.15, -0.1) is 0 Å². The van der Waals surface area contributed by atoms with Gasteiger partial charge in [-0.1, -0.05) is 45.9 Å². The minimum absolute atomic E-state index is 0.0319. The number of carbonyl (C=O) groups excluding carboxylic acids is 3. The van der Waals surface area contributed by atoms with E-state index in [2.05, 4.69) is 32.3 Å². The lowest BCUT2D eigenvalue weighted by atomic mass is 9.87. The monoisotopic (exact) mass is 572 g/mol. The minimum atomic E-state index is -0.872. The van der Waals surface area contributed by atoms with Crippen molar-refractivity contribution < 1.29 is 23.9 Å². The van der Waals surface area contributed by atoms with Crippen molar-refractivity contribution in [3.63, 3.8) is 0 Å². The lowest BCUT2D eigenvalue weighted by Gasteiger charge is -2.26. The van der Waals surface area contributed by atoms with E-state index in [1.807, 2.05) is 36.5 Å². The van der Waals surface area contributed by atoms with Gasteiger partial charge in [-0.05, 0) is 53.6 Å². The Morgan fingerprint density at radius 1 is 1.22 bits per heavy atom. The zero-order chi connectivity index (χ0) is 25.8. The zero-order valence-electron chi connectivity index (χ0n) is 20.4. The van der Waals surface area contributed by atoms with Crippen LogP contribution in [0.1, 0.15) is 36.0 Å². The molecule has 7 nitrogen and oxygen atoms in total. The first-order valence-electron chi connectivity index (χ1n) is 11.7. The first-order valence-corrected chi connectivity index (χ1v) is 13.5. The topological polar surface area (TPSA) is 97.5 Å². The summed E-state index contributed by atoms with van der Waals surface area (Å²) in [6.45, 7) is 1.50. The van der Waals surface area contributed by atoms with E-state index in [4.69, 9.17) is 9.47 Å². The normalized spacial score (nSPS) is 16.3. The fourth-order valence-electron chi connectivity index (χ4n) is 4.98. The highest BCUT2D eigenvalue weighted by Crippen LogP contribution is 2.41. The highest BCUT2D eigenvalue weighted by atomic mass is 79.9. The highest BCUT2D eigenvalue weighted by molar-refractivity contribution is 9.10. The van der Waals surface area contributed by atoms with E-state index in [9.17, 15) is 14.4 Å². The van der Waals surface area contributed by atoms with Gasteiger partial charge in [0.2, 0.25) is 5.91 Å². The number of fused-ring (bicyclic) bond motifs is 2. The number of aromatic nitrogens is 1. The van der Waals surface area contributed by atoms with E-state index in [0.717, 1.165) is 51.1 Å². The van der Waals surface area contributed by atoms with Gasteiger partial charge in [0.05, 0.1) is 25.7 Å². The summed E-state index contributed by atoms with van der Waals surface area (Å²) in [6, 6.07) is 10.9. The molecule has 3 unspecified atom stereocenters. The number of rotatable bonds is 9. The molecule has 0 radical (unpaired) electrons. The Kier molecular flexibility index (Phi) is 8.41. The van der Waals surface area contributed by atoms with E-state index in [1.165, 1.54) is 19.6 Å². The quantitative estimate of drug-likeness (QED) is 0.358. The lowest BCUT2D eigenvalue weighted by Crippen LogP contribution is -2.47. The number of halogens is 1. The molecule has 2 N–H and O–H groups in total. The van der Waals surface area contributed by atoms with Crippen LogP contribution in [0.5, 0.6) is 5.75 Å². The van der Waals surface area contributed by atoms with Crippen molar-refractivity contribution in [3.8, 4) is 5.75 Å². The van der Waals surface area contributed by atoms with Crippen LogP contribution in [-0.4, -0.2) is 48.0 Å². The molecule has 3 aromatic rings. The predicted octanol–water partition coefficient (Wildman–Crippen LogP) is 4.77. The molecule has 9 heteroatoms. The first-order chi connectivity index (χ1) is 17.3. The number of hydrogen-bond donors (Lipinski definition) is 2. The van der Waals surface area contributed by atoms with Gasteiger partial charge < -0.3 is 19.8 Å². The number of benzene rings is 2. The molecule has 3 atom stereocenters. The van der Waals surface area contributed by atoms with E-state index in [1.54, 1.807) is 7.11 Å². The maximum Gasteiger partial charge on any atom is 0.328 e. The smallest absolute Gasteiger partial charge is 0.328 e. The Hall–Kier alpha value is -2.78. The maximum atomic E-state index is 13.7. The molecule has 1 aliphatic rings. The molecule has 1 amide bonds. The summed E-state index contributed by atoms with van der Waals surface area (Å²) < 4.78 is 11.5. The van der Waals surface area contributed by atoms with Gasteiger partial charge in [-0.2, -0.15) is 0 Å². The molecule has 1 heterocycles. The van der Waals surface area contributed by atoms with Crippen LogP contribution in [0.3, 0.4) is 0 Å². The fraction of sp³-hybridized carbons (Fsp3) is 0.370. The molecule has 0 bridgehead atoms.